The predicted molar refractivity (Wildman–Crippen MR) is 65.8 cm³/mol. The van der Waals surface area contributed by atoms with Gasteiger partial charge in [-0.05, 0) is 27.2 Å². The van der Waals surface area contributed by atoms with E-state index in [9.17, 15) is 9.90 Å². The maximum Gasteiger partial charge on any atom is 0.407 e. The lowest BCUT2D eigenvalue weighted by Gasteiger charge is -2.25. The number of carbonyl (C=O) groups is 1. The van der Waals surface area contributed by atoms with Gasteiger partial charge in [0.25, 0.3) is 0 Å². The summed E-state index contributed by atoms with van der Waals surface area (Å²) in [5.74, 6) is 0. The van der Waals surface area contributed by atoms with Crippen LogP contribution in [0.2, 0.25) is 0 Å². The Kier molecular flexibility index (Phi) is 7.15. The van der Waals surface area contributed by atoms with Crippen LogP contribution in [0, 0.1) is 0 Å². The SMILES string of the molecule is CCCC[C@@H](NC(=O)OC(C)(C)C)[C@@H](O)CO. The number of alkyl carbamates (subject to hydrolysis) is 1. The summed E-state index contributed by atoms with van der Waals surface area (Å²) in [4.78, 5) is 11.5. The van der Waals surface area contributed by atoms with E-state index in [0.29, 0.717) is 6.42 Å². The van der Waals surface area contributed by atoms with Crippen molar-refractivity contribution in [3.63, 3.8) is 0 Å². The number of nitrogens with one attached hydrogen (secondary N) is 1. The van der Waals surface area contributed by atoms with Gasteiger partial charge in [-0.2, -0.15) is 0 Å². The van der Waals surface area contributed by atoms with E-state index in [4.69, 9.17) is 9.84 Å². The predicted octanol–water partition coefficient (Wildman–Crippen LogP) is 1.42. The van der Waals surface area contributed by atoms with E-state index in [1.54, 1.807) is 20.8 Å². The first-order chi connectivity index (χ1) is 7.80. The van der Waals surface area contributed by atoms with E-state index in [1.807, 2.05) is 6.92 Å². The highest BCUT2D eigenvalue weighted by Gasteiger charge is 2.23. The average Bonchev–Trinajstić information content (AvgIpc) is 2.20. The average molecular weight is 247 g/mol. The van der Waals surface area contributed by atoms with Crippen LogP contribution in [-0.2, 0) is 4.74 Å². The van der Waals surface area contributed by atoms with Crippen molar-refractivity contribution in [2.75, 3.05) is 6.61 Å². The monoisotopic (exact) mass is 247 g/mol. The largest absolute Gasteiger partial charge is 0.444 e. The Morgan fingerprint density at radius 2 is 2.00 bits per heavy atom. The van der Waals surface area contributed by atoms with E-state index >= 15 is 0 Å². The second-order valence-electron chi connectivity index (χ2n) is 5.14. The van der Waals surface area contributed by atoms with Crippen molar-refractivity contribution in [1.82, 2.24) is 5.32 Å². The molecule has 0 saturated heterocycles. The fourth-order valence-electron chi connectivity index (χ4n) is 1.37. The second kappa shape index (κ2) is 7.50. The smallest absolute Gasteiger partial charge is 0.407 e. The molecule has 0 unspecified atom stereocenters. The third kappa shape index (κ3) is 7.99. The lowest BCUT2D eigenvalue weighted by atomic mass is 10.1. The van der Waals surface area contributed by atoms with E-state index < -0.39 is 23.8 Å². The summed E-state index contributed by atoms with van der Waals surface area (Å²) in [5, 5.41) is 21.1. The molecule has 0 aliphatic rings. The third-order valence-corrected chi connectivity index (χ3v) is 2.22. The Morgan fingerprint density at radius 1 is 1.41 bits per heavy atom. The molecule has 0 aromatic rings. The van der Waals surface area contributed by atoms with Crippen molar-refractivity contribution in [3.05, 3.63) is 0 Å². The van der Waals surface area contributed by atoms with Gasteiger partial charge in [0.1, 0.15) is 5.60 Å². The molecule has 0 radical (unpaired) electrons. The molecule has 0 aromatic heterocycles. The van der Waals surface area contributed by atoms with Crippen LogP contribution in [0.4, 0.5) is 4.79 Å². The van der Waals surface area contributed by atoms with Crippen molar-refractivity contribution in [2.45, 2.75) is 64.7 Å². The molecular weight excluding hydrogens is 222 g/mol. The summed E-state index contributed by atoms with van der Waals surface area (Å²) in [6.07, 6.45) is 0.944. The number of hydrogen-bond acceptors (Lipinski definition) is 4. The van der Waals surface area contributed by atoms with E-state index in [-0.39, 0.29) is 6.61 Å². The summed E-state index contributed by atoms with van der Waals surface area (Å²) in [6, 6.07) is -0.463. The number of carbonyl (C=O) groups excluding carboxylic acids is 1. The number of rotatable bonds is 6. The van der Waals surface area contributed by atoms with Gasteiger partial charge in [0.2, 0.25) is 0 Å². The Morgan fingerprint density at radius 3 is 2.41 bits per heavy atom. The van der Waals surface area contributed by atoms with Crippen LogP contribution >= 0.6 is 0 Å². The Labute approximate surface area is 103 Å². The fraction of sp³-hybridized carbons (Fsp3) is 0.917. The van der Waals surface area contributed by atoms with Crippen LogP contribution in [0.5, 0.6) is 0 Å². The topological polar surface area (TPSA) is 78.8 Å². The highest BCUT2D eigenvalue weighted by molar-refractivity contribution is 5.68. The number of hydrogen-bond donors (Lipinski definition) is 3. The van der Waals surface area contributed by atoms with Gasteiger partial charge in [-0.1, -0.05) is 19.8 Å². The van der Waals surface area contributed by atoms with Crippen LogP contribution < -0.4 is 5.32 Å². The number of ether oxygens (including phenoxy) is 1. The van der Waals surface area contributed by atoms with Crippen molar-refractivity contribution >= 4 is 6.09 Å². The molecule has 0 spiro atoms. The molecule has 0 bridgehead atoms. The Hall–Kier alpha value is -0.810. The Bertz CT molecular complexity index is 225. The number of aliphatic hydroxyl groups is 2. The second-order valence-corrected chi connectivity index (χ2v) is 5.14. The van der Waals surface area contributed by atoms with Crippen LogP contribution in [-0.4, -0.2) is 40.7 Å². The fourth-order valence-corrected chi connectivity index (χ4v) is 1.37. The highest BCUT2D eigenvalue weighted by atomic mass is 16.6. The summed E-state index contributed by atoms with van der Waals surface area (Å²) in [5.41, 5.74) is -0.566. The number of aliphatic hydroxyl groups excluding tert-OH is 2. The van der Waals surface area contributed by atoms with Gasteiger partial charge in [0.15, 0.2) is 0 Å². The van der Waals surface area contributed by atoms with Gasteiger partial charge in [-0.3, -0.25) is 0 Å². The van der Waals surface area contributed by atoms with Crippen LogP contribution in [0.3, 0.4) is 0 Å². The highest BCUT2D eigenvalue weighted by Crippen LogP contribution is 2.09. The van der Waals surface area contributed by atoms with Gasteiger partial charge in [-0.25, -0.2) is 4.79 Å². The van der Waals surface area contributed by atoms with Crippen molar-refractivity contribution in [3.8, 4) is 0 Å². The maximum absolute atomic E-state index is 11.5. The zero-order chi connectivity index (χ0) is 13.5. The first kappa shape index (κ1) is 16.2. The molecule has 5 heteroatoms. The molecule has 17 heavy (non-hydrogen) atoms. The summed E-state index contributed by atoms with van der Waals surface area (Å²) < 4.78 is 5.10. The minimum absolute atomic E-state index is 0.371. The summed E-state index contributed by atoms with van der Waals surface area (Å²) in [6.45, 7) is 6.97. The van der Waals surface area contributed by atoms with Gasteiger partial charge in [0, 0.05) is 0 Å². The lowest BCUT2D eigenvalue weighted by molar-refractivity contribution is 0.0302. The molecule has 0 saturated carbocycles. The minimum atomic E-state index is -0.950. The number of unbranched alkanes of at least 4 members (excludes halogenated alkanes) is 1. The molecule has 102 valence electrons. The Balaban J connectivity index is 4.27. The normalized spacial score (nSPS) is 15.2. The third-order valence-electron chi connectivity index (χ3n) is 2.22. The molecule has 5 nitrogen and oxygen atoms in total. The quantitative estimate of drug-likeness (QED) is 0.663. The number of amides is 1. The molecule has 0 heterocycles. The standard InChI is InChI=1S/C12H25NO4/c1-5-6-7-9(10(15)8-14)13-11(16)17-12(2,3)4/h9-10,14-15H,5-8H2,1-4H3,(H,13,16)/t9-,10+/m1/s1. The van der Waals surface area contributed by atoms with Gasteiger partial charge in [-0.15, -0.1) is 0 Å². The molecule has 0 aromatic carbocycles. The van der Waals surface area contributed by atoms with Crippen molar-refractivity contribution in [2.24, 2.45) is 0 Å². The zero-order valence-corrected chi connectivity index (χ0v) is 11.2. The summed E-state index contributed by atoms with van der Waals surface area (Å²) in [7, 11) is 0. The van der Waals surface area contributed by atoms with E-state index in [1.165, 1.54) is 0 Å². The minimum Gasteiger partial charge on any atom is -0.444 e. The molecule has 2 atom stereocenters. The van der Waals surface area contributed by atoms with E-state index in [2.05, 4.69) is 5.32 Å². The molecule has 0 rings (SSSR count). The van der Waals surface area contributed by atoms with Crippen LogP contribution in [0.25, 0.3) is 0 Å². The first-order valence-corrected chi connectivity index (χ1v) is 6.08. The first-order valence-electron chi connectivity index (χ1n) is 6.08. The zero-order valence-electron chi connectivity index (χ0n) is 11.2. The van der Waals surface area contributed by atoms with Gasteiger partial charge in [0.05, 0.1) is 18.8 Å². The van der Waals surface area contributed by atoms with Crippen molar-refractivity contribution in [1.29, 1.82) is 0 Å². The van der Waals surface area contributed by atoms with E-state index in [0.717, 1.165) is 12.8 Å². The molecule has 0 aliphatic carbocycles. The van der Waals surface area contributed by atoms with Crippen molar-refractivity contribution < 1.29 is 19.7 Å². The summed E-state index contributed by atoms with van der Waals surface area (Å²) >= 11 is 0. The molecular formula is C12H25NO4. The van der Waals surface area contributed by atoms with Crippen LogP contribution in [0.1, 0.15) is 47.0 Å². The molecule has 1 amide bonds. The molecule has 0 aliphatic heterocycles. The molecule has 3 N–H and O–H groups in total. The van der Waals surface area contributed by atoms with Gasteiger partial charge >= 0.3 is 6.09 Å². The van der Waals surface area contributed by atoms with Crippen LogP contribution in [0.15, 0.2) is 0 Å². The van der Waals surface area contributed by atoms with Gasteiger partial charge < -0.3 is 20.3 Å². The maximum atomic E-state index is 11.5. The lowest BCUT2D eigenvalue weighted by Crippen LogP contribution is -2.46. The molecule has 0 fully saturated rings.